The number of carboxylic acids is 1. The number of halogens is 1. The molecule has 0 bridgehead atoms. The SMILES string of the molecule is CCC(C(=O)O)C(=O)NCCc1ccc(Br)cc1. The van der Waals surface area contributed by atoms with E-state index in [4.69, 9.17) is 5.11 Å². The van der Waals surface area contributed by atoms with Gasteiger partial charge in [-0.05, 0) is 30.5 Å². The maximum Gasteiger partial charge on any atom is 0.316 e. The van der Waals surface area contributed by atoms with Gasteiger partial charge in [0.1, 0.15) is 5.92 Å². The lowest BCUT2D eigenvalue weighted by molar-refractivity contribution is -0.147. The number of nitrogens with one attached hydrogen (secondary N) is 1. The molecule has 1 amide bonds. The highest BCUT2D eigenvalue weighted by molar-refractivity contribution is 9.10. The zero-order valence-electron chi connectivity index (χ0n) is 10.1. The zero-order valence-corrected chi connectivity index (χ0v) is 11.7. The molecule has 2 N–H and O–H groups in total. The average molecular weight is 314 g/mol. The summed E-state index contributed by atoms with van der Waals surface area (Å²) in [6.07, 6.45) is 0.995. The molecule has 1 atom stereocenters. The van der Waals surface area contributed by atoms with Gasteiger partial charge in [-0.15, -0.1) is 0 Å². The van der Waals surface area contributed by atoms with Crippen molar-refractivity contribution in [3.05, 3.63) is 34.3 Å². The molecule has 0 spiro atoms. The van der Waals surface area contributed by atoms with Crippen LogP contribution >= 0.6 is 15.9 Å². The minimum atomic E-state index is -1.07. The Morgan fingerprint density at radius 2 is 1.94 bits per heavy atom. The highest BCUT2D eigenvalue weighted by Crippen LogP contribution is 2.10. The molecule has 4 nitrogen and oxygen atoms in total. The summed E-state index contributed by atoms with van der Waals surface area (Å²) in [5.41, 5.74) is 1.10. The van der Waals surface area contributed by atoms with Crippen LogP contribution in [0.2, 0.25) is 0 Å². The fourth-order valence-electron chi connectivity index (χ4n) is 1.58. The Labute approximate surface area is 115 Å². The third-order valence-corrected chi connectivity index (χ3v) is 3.18. The molecule has 0 radical (unpaired) electrons. The van der Waals surface area contributed by atoms with Crippen LogP contribution < -0.4 is 5.32 Å². The van der Waals surface area contributed by atoms with Crippen LogP contribution in [0.5, 0.6) is 0 Å². The molecule has 0 aliphatic rings. The third kappa shape index (κ3) is 4.49. The molecule has 1 aromatic rings. The first kappa shape index (κ1) is 14.7. The summed E-state index contributed by atoms with van der Waals surface area (Å²) >= 11 is 3.35. The molecular weight excluding hydrogens is 298 g/mol. The Morgan fingerprint density at radius 1 is 1.33 bits per heavy atom. The molecular formula is C13H16BrNO3. The van der Waals surface area contributed by atoms with E-state index in [-0.39, 0.29) is 0 Å². The quantitative estimate of drug-likeness (QED) is 0.791. The van der Waals surface area contributed by atoms with Crippen molar-refractivity contribution in [3.8, 4) is 0 Å². The number of aliphatic carboxylic acids is 1. The van der Waals surface area contributed by atoms with Crippen LogP contribution in [0.15, 0.2) is 28.7 Å². The monoisotopic (exact) mass is 313 g/mol. The Morgan fingerprint density at radius 3 is 2.44 bits per heavy atom. The normalized spacial score (nSPS) is 11.9. The third-order valence-electron chi connectivity index (χ3n) is 2.65. The van der Waals surface area contributed by atoms with E-state index in [9.17, 15) is 9.59 Å². The number of amides is 1. The van der Waals surface area contributed by atoms with Crippen LogP contribution in [-0.4, -0.2) is 23.5 Å². The van der Waals surface area contributed by atoms with Crippen LogP contribution in [0.25, 0.3) is 0 Å². The number of carbonyl (C=O) groups excluding carboxylic acids is 1. The predicted molar refractivity (Wildman–Crippen MR) is 72.3 cm³/mol. The lowest BCUT2D eigenvalue weighted by atomic mass is 10.1. The number of hydrogen-bond donors (Lipinski definition) is 2. The molecule has 5 heteroatoms. The van der Waals surface area contributed by atoms with E-state index in [0.29, 0.717) is 19.4 Å². The molecule has 18 heavy (non-hydrogen) atoms. The van der Waals surface area contributed by atoms with Crippen LogP contribution in [-0.2, 0) is 16.0 Å². The molecule has 0 fully saturated rings. The zero-order chi connectivity index (χ0) is 13.5. The van der Waals surface area contributed by atoms with Crippen molar-refractivity contribution in [3.63, 3.8) is 0 Å². The maximum absolute atomic E-state index is 11.6. The summed E-state index contributed by atoms with van der Waals surface area (Å²) in [5, 5.41) is 11.5. The summed E-state index contributed by atoms with van der Waals surface area (Å²) in [6.45, 7) is 2.14. The molecule has 1 unspecified atom stereocenters. The molecule has 0 aliphatic heterocycles. The molecule has 0 saturated carbocycles. The largest absolute Gasteiger partial charge is 0.481 e. The van der Waals surface area contributed by atoms with Gasteiger partial charge in [0.15, 0.2) is 0 Å². The predicted octanol–water partition coefficient (Wildman–Crippen LogP) is 2.22. The number of carboxylic acid groups (broad SMARTS) is 1. The van der Waals surface area contributed by atoms with E-state index < -0.39 is 17.8 Å². The topological polar surface area (TPSA) is 66.4 Å². The first-order chi connectivity index (χ1) is 8.54. The first-order valence-corrected chi connectivity index (χ1v) is 6.59. The van der Waals surface area contributed by atoms with E-state index >= 15 is 0 Å². The summed E-state index contributed by atoms with van der Waals surface area (Å²) in [4.78, 5) is 22.3. The smallest absolute Gasteiger partial charge is 0.316 e. The van der Waals surface area contributed by atoms with Gasteiger partial charge in [0.05, 0.1) is 0 Å². The van der Waals surface area contributed by atoms with E-state index in [0.717, 1.165) is 10.0 Å². The molecule has 0 aliphatic carbocycles. The Balaban J connectivity index is 2.39. The number of carbonyl (C=O) groups is 2. The van der Waals surface area contributed by atoms with Gasteiger partial charge < -0.3 is 10.4 Å². The lowest BCUT2D eigenvalue weighted by Crippen LogP contribution is -2.36. The van der Waals surface area contributed by atoms with Gasteiger partial charge in [0.25, 0.3) is 0 Å². The highest BCUT2D eigenvalue weighted by Gasteiger charge is 2.23. The molecule has 1 aromatic carbocycles. The Hall–Kier alpha value is -1.36. The second-order valence-electron chi connectivity index (χ2n) is 3.97. The number of benzene rings is 1. The second kappa shape index (κ2) is 7.16. The Bertz CT molecular complexity index is 417. The minimum Gasteiger partial charge on any atom is -0.481 e. The molecule has 0 saturated heterocycles. The van der Waals surface area contributed by atoms with E-state index in [2.05, 4.69) is 21.2 Å². The molecule has 0 heterocycles. The maximum atomic E-state index is 11.6. The second-order valence-corrected chi connectivity index (χ2v) is 4.88. The summed E-state index contributed by atoms with van der Waals surface area (Å²) in [5.74, 6) is -2.43. The van der Waals surface area contributed by atoms with Crippen molar-refractivity contribution in [2.75, 3.05) is 6.54 Å². The van der Waals surface area contributed by atoms with Gasteiger partial charge in [-0.1, -0.05) is 35.0 Å². The fraction of sp³-hybridized carbons (Fsp3) is 0.385. The van der Waals surface area contributed by atoms with Gasteiger partial charge in [0, 0.05) is 11.0 Å². The van der Waals surface area contributed by atoms with E-state index in [1.165, 1.54) is 0 Å². The molecule has 98 valence electrons. The molecule has 0 aromatic heterocycles. The van der Waals surface area contributed by atoms with E-state index in [1.54, 1.807) is 6.92 Å². The summed E-state index contributed by atoms with van der Waals surface area (Å²) in [6, 6.07) is 7.79. The van der Waals surface area contributed by atoms with Crippen LogP contribution in [0.4, 0.5) is 0 Å². The lowest BCUT2D eigenvalue weighted by Gasteiger charge is -2.10. The van der Waals surface area contributed by atoms with Crippen LogP contribution in [0.3, 0.4) is 0 Å². The van der Waals surface area contributed by atoms with Crippen LogP contribution in [0.1, 0.15) is 18.9 Å². The van der Waals surface area contributed by atoms with Gasteiger partial charge in [0.2, 0.25) is 5.91 Å². The highest BCUT2D eigenvalue weighted by atomic mass is 79.9. The van der Waals surface area contributed by atoms with Crippen molar-refractivity contribution < 1.29 is 14.7 Å². The summed E-state index contributed by atoms with van der Waals surface area (Å²) < 4.78 is 1.01. The minimum absolute atomic E-state index is 0.305. The summed E-state index contributed by atoms with van der Waals surface area (Å²) in [7, 11) is 0. The number of hydrogen-bond acceptors (Lipinski definition) is 2. The fourth-order valence-corrected chi connectivity index (χ4v) is 1.84. The Kier molecular flexibility index (Phi) is 5.85. The standard InChI is InChI=1S/C13H16BrNO3/c1-2-11(13(17)18)12(16)15-8-7-9-3-5-10(14)6-4-9/h3-6,11H,2,7-8H2,1H3,(H,15,16)(H,17,18). The van der Waals surface area contributed by atoms with Crippen LogP contribution in [0, 0.1) is 5.92 Å². The van der Waals surface area contributed by atoms with Gasteiger partial charge in [-0.3, -0.25) is 9.59 Å². The van der Waals surface area contributed by atoms with Crippen molar-refractivity contribution in [2.45, 2.75) is 19.8 Å². The van der Waals surface area contributed by atoms with Crippen molar-refractivity contribution >= 4 is 27.8 Å². The molecule has 1 rings (SSSR count). The van der Waals surface area contributed by atoms with E-state index in [1.807, 2.05) is 24.3 Å². The van der Waals surface area contributed by atoms with Crippen molar-refractivity contribution in [1.82, 2.24) is 5.32 Å². The van der Waals surface area contributed by atoms with Crippen molar-refractivity contribution in [2.24, 2.45) is 5.92 Å². The first-order valence-electron chi connectivity index (χ1n) is 5.79. The van der Waals surface area contributed by atoms with Gasteiger partial charge in [-0.25, -0.2) is 0 Å². The average Bonchev–Trinajstić information content (AvgIpc) is 2.32. The van der Waals surface area contributed by atoms with Gasteiger partial charge >= 0.3 is 5.97 Å². The van der Waals surface area contributed by atoms with Gasteiger partial charge in [-0.2, -0.15) is 0 Å². The number of rotatable bonds is 6. The van der Waals surface area contributed by atoms with Crippen molar-refractivity contribution in [1.29, 1.82) is 0 Å².